The zero-order chi connectivity index (χ0) is 87.0. The Labute approximate surface area is 820 Å². The van der Waals surface area contributed by atoms with Crippen molar-refractivity contribution in [2.45, 2.75) is 41.5 Å². The fraction of sp³-hybridized carbons (Fsp3) is 0.0508. The molecule has 8 nitrogen and oxygen atoms in total. The molecule has 8 aromatic heterocycles. The minimum atomic E-state index is 0. The molecule has 0 bridgehead atoms. The van der Waals surface area contributed by atoms with Crippen molar-refractivity contribution in [2.75, 3.05) is 0 Å². The van der Waals surface area contributed by atoms with Crippen LogP contribution in [0.3, 0.4) is 0 Å². The van der Waals surface area contributed by atoms with Gasteiger partial charge in [-0.3, -0.25) is 0 Å². The molecule has 130 heavy (non-hydrogen) atoms. The van der Waals surface area contributed by atoms with E-state index in [2.05, 4.69) is 250 Å². The second-order valence-corrected chi connectivity index (χ2v) is 29.0. The molecular weight excluding hydrogens is 2300 g/mol. The normalized spacial score (nSPS) is 9.83. The number of hydrogen-bond acceptors (Lipinski definition) is 8. The Morgan fingerprint density at radius 1 is 0.169 bits per heavy atom. The summed E-state index contributed by atoms with van der Waals surface area (Å²) in [5.74, 6) is 0. The van der Waals surface area contributed by atoms with E-state index in [1.807, 2.05) is 318 Å². The summed E-state index contributed by atoms with van der Waals surface area (Å²) in [6.45, 7) is 12.5. The van der Waals surface area contributed by atoms with Gasteiger partial charge < -0.3 is 39.9 Å². The molecule has 0 spiro atoms. The minimum Gasteiger partial charge on any atom is -0.305 e. The van der Waals surface area contributed by atoms with Crippen LogP contribution < -0.4 is 0 Å². The molecule has 12 heteroatoms. The molecule has 648 valence electrons. The van der Waals surface area contributed by atoms with Crippen LogP contribution in [0, 0.1) is 90.1 Å². The van der Waals surface area contributed by atoms with Gasteiger partial charge in [0, 0.05) is 129 Å². The van der Waals surface area contributed by atoms with Crippen molar-refractivity contribution in [3.63, 3.8) is 0 Å². The number of rotatable bonds is 12. The third kappa shape index (κ3) is 30.9. The molecule has 0 saturated heterocycles. The Bertz CT molecular complexity index is 6120. The first-order chi connectivity index (χ1) is 62.0. The van der Waals surface area contributed by atoms with Crippen LogP contribution >= 0.6 is 0 Å². The van der Waals surface area contributed by atoms with Crippen molar-refractivity contribution < 1.29 is 80.4 Å². The second-order valence-electron chi connectivity index (χ2n) is 29.0. The molecule has 4 radical (unpaired) electrons. The summed E-state index contributed by atoms with van der Waals surface area (Å²) < 4.78 is 0. The van der Waals surface area contributed by atoms with Gasteiger partial charge in [0.25, 0.3) is 0 Å². The third-order valence-corrected chi connectivity index (χ3v) is 19.9. The van der Waals surface area contributed by atoms with E-state index in [-0.39, 0.29) is 80.4 Å². The quantitative estimate of drug-likeness (QED) is 0.111. The predicted octanol–water partition coefficient (Wildman–Crippen LogP) is 28.9. The van der Waals surface area contributed by atoms with E-state index in [0.717, 1.165) is 113 Å². The maximum Gasteiger partial charge on any atom is 0.0266 e. The van der Waals surface area contributed by atoms with Gasteiger partial charge in [-0.15, -0.1) is 287 Å². The SMILES string of the molecule is Cc1cccc(-c2[c-]cccc2)n1.Cc1cccc(-c2[c-]cccc2)n1.Cc1ccccc1-c1ccc(-c2[c-]cccc2)nc1.Cc1ccccc1-c1ccc(-c2[c-]cccc2)nc1.Cc1ccccc1-c1ccnc(-c2[c-]cccc2)c1.Cc1ccccc1-c1ccnc(-c2[c-]cccc2)c1.[Ir].[Ir].[Ir].[Ir].[c-]1ccccc1-c1ccccn1.[c-]1ccccc1-c1ccccn1. The minimum absolute atomic E-state index is 0. The molecule has 0 saturated carbocycles. The molecule has 8 heterocycles. The molecule has 12 aromatic carbocycles. The van der Waals surface area contributed by atoms with Crippen molar-refractivity contribution >= 4 is 0 Å². The van der Waals surface area contributed by atoms with Gasteiger partial charge in [-0.25, -0.2) is 0 Å². The van der Waals surface area contributed by atoms with E-state index in [9.17, 15) is 0 Å². The standard InChI is InChI=1S/4C18H14N.2C12H10N.2C11H8N.4Ir/c2*1-14-7-5-6-10-17(14)16-11-12-19-18(13-16)15-8-3-2-4-9-15;2*1-14-7-5-6-10-17(14)16-11-12-18(19-13-16)15-8-3-2-4-9-15;2*1-10-6-5-9-12(13-10)11-7-3-2-4-8-11;2*1-2-6-10(7-3-1)11-8-4-5-9-12-11;;;;/h4*2-8,10-13H,1H3;2*2-7,9H,1H3;2*1-6,8-9H;;;;/q8*-1;;;;. The van der Waals surface area contributed by atoms with E-state index in [4.69, 9.17) is 0 Å². The van der Waals surface area contributed by atoms with E-state index < -0.39 is 0 Å². The fourth-order valence-electron chi connectivity index (χ4n) is 13.4. The molecular formula is C118H92Ir4N8-8. The van der Waals surface area contributed by atoms with Crippen LogP contribution in [0.15, 0.2) is 450 Å². The first-order valence-electron chi connectivity index (χ1n) is 41.6. The van der Waals surface area contributed by atoms with Gasteiger partial charge in [-0.1, -0.05) is 182 Å². The van der Waals surface area contributed by atoms with E-state index >= 15 is 0 Å². The van der Waals surface area contributed by atoms with Gasteiger partial charge in [0.2, 0.25) is 0 Å². The van der Waals surface area contributed by atoms with E-state index in [0.29, 0.717) is 0 Å². The Kier molecular flexibility index (Phi) is 42.1. The van der Waals surface area contributed by atoms with Gasteiger partial charge in [0.15, 0.2) is 0 Å². The third-order valence-electron chi connectivity index (χ3n) is 19.9. The molecule has 20 aromatic rings. The Morgan fingerprint density at radius 2 is 0.400 bits per heavy atom. The molecule has 0 aliphatic heterocycles. The number of aromatic nitrogens is 8. The summed E-state index contributed by atoms with van der Waals surface area (Å²) in [4.78, 5) is 35.2. The maximum absolute atomic E-state index is 4.54. The van der Waals surface area contributed by atoms with Crippen molar-refractivity contribution in [3.8, 4) is 135 Å². The van der Waals surface area contributed by atoms with Crippen LogP contribution in [0.25, 0.3) is 135 Å². The average molecular weight is 2390 g/mol. The number of pyridine rings is 8. The molecule has 0 aliphatic rings. The van der Waals surface area contributed by atoms with Gasteiger partial charge >= 0.3 is 0 Å². The van der Waals surface area contributed by atoms with Crippen LogP contribution in [0.2, 0.25) is 0 Å². The average Bonchev–Trinajstić information content (AvgIpc) is 0.803. The summed E-state index contributed by atoms with van der Waals surface area (Å²) in [5.41, 5.74) is 32.8. The fourth-order valence-corrected chi connectivity index (χ4v) is 13.4. The Hall–Kier alpha value is -13.6. The Balaban J connectivity index is 0.000000168. The summed E-state index contributed by atoms with van der Waals surface area (Å²) >= 11 is 0. The molecule has 20 rings (SSSR count). The van der Waals surface area contributed by atoms with Crippen molar-refractivity contribution in [1.29, 1.82) is 0 Å². The van der Waals surface area contributed by atoms with Gasteiger partial charge in [-0.2, -0.15) is 0 Å². The number of benzene rings is 12. The first-order valence-corrected chi connectivity index (χ1v) is 41.6. The van der Waals surface area contributed by atoms with Crippen LogP contribution in [-0.2, 0) is 80.4 Å². The predicted molar refractivity (Wildman–Crippen MR) is 518 cm³/mol. The van der Waals surface area contributed by atoms with Crippen LogP contribution in [0.5, 0.6) is 0 Å². The molecule has 0 unspecified atom stereocenters. The zero-order valence-electron chi connectivity index (χ0n) is 72.6. The molecule has 0 N–H and O–H groups in total. The summed E-state index contributed by atoms with van der Waals surface area (Å²) in [6.07, 6.45) is 11.2. The van der Waals surface area contributed by atoms with Gasteiger partial charge in [-0.05, 0) is 190 Å². The van der Waals surface area contributed by atoms with E-state index in [1.54, 1.807) is 12.4 Å². The smallest absolute Gasteiger partial charge is 0.0266 e. The van der Waals surface area contributed by atoms with Crippen molar-refractivity contribution in [3.05, 3.63) is 532 Å². The summed E-state index contributed by atoms with van der Waals surface area (Å²) in [6, 6.07) is 162. The van der Waals surface area contributed by atoms with E-state index in [1.165, 1.54) is 55.6 Å². The van der Waals surface area contributed by atoms with Crippen LogP contribution in [0.4, 0.5) is 0 Å². The number of hydrogen-bond donors (Lipinski definition) is 0. The second kappa shape index (κ2) is 54.6. The van der Waals surface area contributed by atoms with Gasteiger partial charge in [0.05, 0.1) is 0 Å². The largest absolute Gasteiger partial charge is 0.305 e. The van der Waals surface area contributed by atoms with Gasteiger partial charge in [0.1, 0.15) is 0 Å². The van der Waals surface area contributed by atoms with Crippen LogP contribution in [-0.4, -0.2) is 39.9 Å². The number of aryl methyl sites for hydroxylation is 6. The molecule has 0 atom stereocenters. The monoisotopic (exact) mass is 2390 g/mol. The molecule has 0 aliphatic carbocycles. The first kappa shape index (κ1) is 100. The van der Waals surface area contributed by atoms with Crippen molar-refractivity contribution in [1.82, 2.24) is 39.9 Å². The number of nitrogens with zero attached hydrogens (tertiary/aromatic N) is 8. The zero-order valence-corrected chi connectivity index (χ0v) is 82.2. The van der Waals surface area contributed by atoms with Crippen molar-refractivity contribution in [2.24, 2.45) is 0 Å². The van der Waals surface area contributed by atoms with Crippen LogP contribution in [0.1, 0.15) is 33.6 Å². The maximum atomic E-state index is 4.54. The Morgan fingerprint density at radius 3 is 0.638 bits per heavy atom. The molecule has 0 amide bonds. The summed E-state index contributed by atoms with van der Waals surface area (Å²) in [5, 5.41) is 0. The summed E-state index contributed by atoms with van der Waals surface area (Å²) in [7, 11) is 0. The topological polar surface area (TPSA) is 103 Å². The molecule has 0 fully saturated rings.